The van der Waals surface area contributed by atoms with Crippen LogP contribution >= 0.6 is 11.3 Å². The predicted molar refractivity (Wildman–Crippen MR) is 80.1 cm³/mol. The second kappa shape index (κ2) is 5.30. The lowest BCUT2D eigenvalue weighted by Crippen LogP contribution is -2.14. The smallest absolute Gasteiger partial charge is 0.230 e. The molecule has 0 aliphatic rings. The van der Waals surface area contributed by atoms with E-state index in [9.17, 15) is 9.90 Å². The highest BCUT2D eigenvalue weighted by molar-refractivity contribution is 7.22. The van der Waals surface area contributed by atoms with E-state index in [1.54, 1.807) is 24.3 Å². The van der Waals surface area contributed by atoms with Crippen molar-refractivity contribution in [1.29, 1.82) is 0 Å². The second-order valence-corrected chi connectivity index (χ2v) is 5.37. The molecule has 0 bridgehead atoms. The van der Waals surface area contributed by atoms with E-state index in [1.165, 1.54) is 11.3 Å². The molecule has 100 valence electrons. The summed E-state index contributed by atoms with van der Waals surface area (Å²) in [6.45, 7) is 0. The van der Waals surface area contributed by atoms with Gasteiger partial charge in [0.2, 0.25) is 5.91 Å². The molecule has 0 spiro atoms. The topological polar surface area (TPSA) is 62.2 Å². The Kier molecular flexibility index (Phi) is 3.35. The van der Waals surface area contributed by atoms with E-state index < -0.39 is 0 Å². The monoisotopic (exact) mass is 284 g/mol. The number of thiazole rings is 1. The number of nitrogens with zero attached hydrogens (tertiary/aromatic N) is 1. The highest BCUT2D eigenvalue weighted by Gasteiger charge is 2.10. The number of phenols is 1. The summed E-state index contributed by atoms with van der Waals surface area (Å²) in [4.78, 5) is 16.3. The van der Waals surface area contributed by atoms with Crippen LogP contribution < -0.4 is 5.32 Å². The summed E-state index contributed by atoms with van der Waals surface area (Å²) >= 11 is 1.43. The van der Waals surface area contributed by atoms with Gasteiger partial charge in [-0.05, 0) is 18.2 Å². The van der Waals surface area contributed by atoms with E-state index in [2.05, 4.69) is 10.3 Å². The van der Waals surface area contributed by atoms with Gasteiger partial charge in [-0.3, -0.25) is 4.79 Å². The van der Waals surface area contributed by atoms with Crippen molar-refractivity contribution in [2.45, 2.75) is 6.42 Å². The summed E-state index contributed by atoms with van der Waals surface area (Å²) in [5.41, 5.74) is 1.47. The number of carbonyl (C=O) groups excluding carboxylic acids is 1. The van der Waals surface area contributed by atoms with Crippen molar-refractivity contribution in [2.75, 3.05) is 5.32 Å². The number of aromatic nitrogens is 1. The van der Waals surface area contributed by atoms with Crippen LogP contribution in [0.4, 0.5) is 5.13 Å². The summed E-state index contributed by atoms with van der Waals surface area (Å²) in [5.74, 6) is -0.0579. The predicted octanol–water partition coefficient (Wildman–Crippen LogP) is 3.18. The maximum Gasteiger partial charge on any atom is 0.230 e. The molecule has 0 unspecified atom stereocenters. The molecule has 3 aromatic rings. The van der Waals surface area contributed by atoms with E-state index in [4.69, 9.17) is 0 Å². The molecule has 0 aliphatic carbocycles. The number of benzene rings is 2. The number of para-hydroxylation sites is 2. The third-order valence-corrected chi connectivity index (χ3v) is 3.83. The van der Waals surface area contributed by atoms with Gasteiger partial charge >= 0.3 is 0 Å². The van der Waals surface area contributed by atoms with Crippen LogP contribution in [0.5, 0.6) is 5.75 Å². The molecule has 0 fully saturated rings. The average Bonchev–Trinajstić information content (AvgIpc) is 2.83. The lowest BCUT2D eigenvalue weighted by atomic mass is 10.1. The van der Waals surface area contributed by atoms with Crippen LogP contribution in [0.15, 0.2) is 48.5 Å². The summed E-state index contributed by atoms with van der Waals surface area (Å²) in [5, 5.41) is 13.0. The van der Waals surface area contributed by atoms with Crippen LogP contribution in [0.1, 0.15) is 5.56 Å². The van der Waals surface area contributed by atoms with E-state index in [0.717, 1.165) is 10.2 Å². The maximum absolute atomic E-state index is 12.0. The van der Waals surface area contributed by atoms with Crippen molar-refractivity contribution in [1.82, 2.24) is 4.98 Å². The van der Waals surface area contributed by atoms with Gasteiger partial charge in [0.15, 0.2) is 5.13 Å². The van der Waals surface area contributed by atoms with Gasteiger partial charge < -0.3 is 10.4 Å². The molecular formula is C15H12N2O2S. The van der Waals surface area contributed by atoms with Crippen molar-refractivity contribution in [3.63, 3.8) is 0 Å². The van der Waals surface area contributed by atoms with Gasteiger partial charge in [-0.2, -0.15) is 0 Å². The zero-order chi connectivity index (χ0) is 13.9. The Labute approximate surface area is 119 Å². The Morgan fingerprint density at radius 3 is 2.70 bits per heavy atom. The molecule has 20 heavy (non-hydrogen) atoms. The van der Waals surface area contributed by atoms with Gasteiger partial charge in [0.05, 0.1) is 16.6 Å². The first kappa shape index (κ1) is 12.6. The summed E-state index contributed by atoms with van der Waals surface area (Å²) in [7, 11) is 0. The van der Waals surface area contributed by atoms with Crippen molar-refractivity contribution in [3.05, 3.63) is 54.1 Å². The van der Waals surface area contributed by atoms with Crippen molar-refractivity contribution >= 4 is 32.6 Å². The third kappa shape index (κ3) is 2.62. The molecule has 2 N–H and O–H groups in total. The number of rotatable bonds is 3. The summed E-state index contributed by atoms with van der Waals surface area (Å²) in [6, 6.07) is 14.5. The third-order valence-electron chi connectivity index (χ3n) is 2.88. The molecule has 2 aromatic carbocycles. The van der Waals surface area contributed by atoms with Gasteiger partial charge in [0, 0.05) is 5.56 Å². The molecule has 5 heteroatoms. The number of hydrogen-bond donors (Lipinski definition) is 2. The SMILES string of the molecule is O=C(Cc1ccccc1O)Nc1nc2ccccc2s1. The fourth-order valence-corrected chi connectivity index (χ4v) is 2.80. The number of nitrogens with one attached hydrogen (secondary N) is 1. The quantitative estimate of drug-likeness (QED) is 0.776. The maximum atomic E-state index is 12.0. The minimum atomic E-state index is -0.189. The van der Waals surface area contributed by atoms with Crippen LogP contribution in [-0.4, -0.2) is 16.0 Å². The number of aromatic hydroxyl groups is 1. The Morgan fingerprint density at radius 1 is 1.15 bits per heavy atom. The molecule has 1 amide bonds. The highest BCUT2D eigenvalue weighted by Crippen LogP contribution is 2.25. The van der Waals surface area contributed by atoms with Gasteiger partial charge in [-0.1, -0.05) is 41.7 Å². The summed E-state index contributed by atoms with van der Waals surface area (Å²) in [6.07, 6.45) is 0.128. The van der Waals surface area contributed by atoms with E-state index in [1.807, 2.05) is 24.3 Å². The number of fused-ring (bicyclic) bond motifs is 1. The Balaban J connectivity index is 1.74. The Bertz CT molecular complexity index is 734. The van der Waals surface area contributed by atoms with Crippen LogP contribution in [0.25, 0.3) is 10.2 Å². The Hall–Kier alpha value is -2.40. The van der Waals surface area contributed by atoms with Crippen LogP contribution in [0, 0.1) is 0 Å². The lowest BCUT2D eigenvalue weighted by Gasteiger charge is -2.03. The molecule has 1 aromatic heterocycles. The number of phenolic OH excluding ortho intramolecular Hbond substituents is 1. The first-order valence-corrected chi connectivity index (χ1v) is 6.96. The summed E-state index contributed by atoms with van der Waals surface area (Å²) < 4.78 is 1.03. The zero-order valence-electron chi connectivity index (χ0n) is 10.5. The molecule has 1 heterocycles. The number of hydrogen-bond acceptors (Lipinski definition) is 4. The molecule has 0 atom stereocenters. The highest BCUT2D eigenvalue weighted by atomic mass is 32.1. The van der Waals surface area contributed by atoms with E-state index >= 15 is 0 Å². The zero-order valence-corrected chi connectivity index (χ0v) is 11.4. The number of amides is 1. The van der Waals surface area contributed by atoms with Crippen LogP contribution in [0.2, 0.25) is 0 Å². The number of anilines is 1. The van der Waals surface area contributed by atoms with Gasteiger partial charge in [0.1, 0.15) is 5.75 Å². The minimum absolute atomic E-state index is 0.128. The first-order chi connectivity index (χ1) is 9.72. The molecule has 4 nitrogen and oxygen atoms in total. The van der Waals surface area contributed by atoms with E-state index in [0.29, 0.717) is 10.7 Å². The Morgan fingerprint density at radius 2 is 1.90 bits per heavy atom. The van der Waals surface area contributed by atoms with Gasteiger partial charge in [-0.25, -0.2) is 4.98 Å². The van der Waals surface area contributed by atoms with Crippen LogP contribution in [0.3, 0.4) is 0 Å². The van der Waals surface area contributed by atoms with E-state index in [-0.39, 0.29) is 18.1 Å². The largest absolute Gasteiger partial charge is 0.508 e. The second-order valence-electron chi connectivity index (χ2n) is 4.34. The first-order valence-electron chi connectivity index (χ1n) is 6.15. The lowest BCUT2D eigenvalue weighted by molar-refractivity contribution is -0.115. The molecule has 3 rings (SSSR count). The fraction of sp³-hybridized carbons (Fsp3) is 0.0667. The van der Waals surface area contributed by atoms with Crippen molar-refractivity contribution in [2.24, 2.45) is 0 Å². The number of carbonyl (C=O) groups is 1. The fourth-order valence-electron chi connectivity index (χ4n) is 1.92. The molecular weight excluding hydrogens is 272 g/mol. The van der Waals surface area contributed by atoms with Crippen LogP contribution in [-0.2, 0) is 11.2 Å². The van der Waals surface area contributed by atoms with Crippen molar-refractivity contribution < 1.29 is 9.90 Å². The normalized spacial score (nSPS) is 10.6. The molecule has 0 aliphatic heterocycles. The van der Waals surface area contributed by atoms with Gasteiger partial charge in [0.25, 0.3) is 0 Å². The molecule has 0 saturated heterocycles. The minimum Gasteiger partial charge on any atom is -0.508 e. The standard InChI is InChI=1S/C15H12N2O2S/c18-12-7-3-1-5-10(12)9-14(19)17-15-16-11-6-2-4-8-13(11)20-15/h1-8,18H,9H2,(H,16,17,19). The molecule has 0 saturated carbocycles. The molecule has 0 radical (unpaired) electrons. The van der Waals surface area contributed by atoms with Gasteiger partial charge in [-0.15, -0.1) is 0 Å². The van der Waals surface area contributed by atoms with Crippen molar-refractivity contribution in [3.8, 4) is 5.75 Å². The average molecular weight is 284 g/mol.